The molecule has 0 bridgehead atoms. The van der Waals surface area contributed by atoms with Crippen molar-refractivity contribution in [2.24, 2.45) is 0 Å². The monoisotopic (exact) mass is 482 g/mol. The number of hydrogen-bond donors (Lipinski definition) is 2. The van der Waals surface area contributed by atoms with Crippen LogP contribution in [0.4, 0.5) is 5.82 Å². The van der Waals surface area contributed by atoms with Crippen LogP contribution >= 0.6 is 11.6 Å². The van der Waals surface area contributed by atoms with Gasteiger partial charge in [-0.2, -0.15) is 0 Å². The van der Waals surface area contributed by atoms with E-state index in [1.807, 2.05) is 24.3 Å². The molecule has 10 heteroatoms. The van der Waals surface area contributed by atoms with Crippen LogP contribution in [-0.2, 0) is 17.8 Å². The van der Waals surface area contributed by atoms with Crippen LogP contribution in [0.5, 0.6) is 11.6 Å². The Hall–Kier alpha value is -3.01. The van der Waals surface area contributed by atoms with Crippen molar-refractivity contribution in [3.8, 4) is 11.6 Å². The Morgan fingerprint density at radius 1 is 1.24 bits per heavy atom. The van der Waals surface area contributed by atoms with Crippen LogP contribution < -0.4 is 20.1 Å². The molecule has 0 spiro atoms. The number of nitrogens with zero attached hydrogens (tertiary/aromatic N) is 4. The molecule has 1 saturated heterocycles. The second-order valence-corrected chi connectivity index (χ2v) is 8.95. The summed E-state index contributed by atoms with van der Waals surface area (Å²) >= 11 is 6.48. The van der Waals surface area contributed by atoms with Gasteiger partial charge in [-0.1, -0.05) is 11.6 Å². The number of fused-ring (bicyclic) bond motifs is 2. The van der Waals surface area contributed by atoms with Gasteiger partial charge in [-0.15, -0.1) is 0 Å². The van der Waals surface area contributed by atoms with Crippen LogP contribution in [0.3, 0.4) is 0 Å². The fourth-order valence-corrected chi connectivity index (χ4v) is 4.64. The lowest BCUT2D eigenvalue weighted by Gasteiger charge is -2.32. The number of halogens is 1. The number of ether oxygens (including phenoxy) is 2. The molecule has 0 unspecified atom stereocenters. The molecule has 2 aliphatic heterocycles. The van der Waals surface area contributed by atoms with Crippen molar-refractivity contribution in [1.29, 1.82) is 0 Å². The molecule has 0 aromatic carbocycles. The molecular formula is C24H27ClN6O3. The molecule has 3 aromatic rings. The predicted octanol–water partition coefficient (Wildman–Crippen LogP) is 2.81. The Labute approximate surface area is 202 Å². The van der Waals surface area contributed by atoms with E-state index in [2.05, 4.69) is 30.5 Å². The lowest BCUT2D eigenvalue weighted by Crippen LogP contribution is -2.43. The number of methoxy groups -OCH3 is 1. The van der Waals surface area contributed by atoms with Gasteiger partial charge in [-0.25, -0.2) is 9.97 Å². The van der Waals surface area contributed by atoms with Crippen molar-refractivity contribution in [1.82, 2.24) is 25.2 Å². The number of carbonyl (C=O) groups excluding carboxylic acids is 1. The van der Waals surface area contributed by atoms with E-state index in [4.69, 9.17) is 21.1 Å². The van der Waals surface area contributed by atoms with Crippen LogP contribution in [0.25, 0.3) is 11.0 Å². The van der Waals surface area contributed by atoms with E-state index in [1.165, 1.54) is 0 Å². The predicted molar refractivity (Wildman–Crippen MR) is 129 cm³/mol. The first-order valence-corrected chi connectivity index (χ1v) is 11.8. The minimum Gasteiger partial charge on any atom is -0.481 e. The average Bonchev–Trinajstić information content (AvgIpc) is 2.87. The Bertz CT molecular complexity index is 1200. The lowest BCUT2D eigenvalue weighted by molar-refractivity contribution is -0.118. The summed E-state index contributed by atoms with van der Waals surface area (Å²) < 4.78 is 10.7. The zero-order valence-electron chi connectivity index (χ0n) is 19.0. The molecule has 1 fully saturated rings. The highest BCUT2D eigenvalue weighted by Gasteiger charge is 2.21. The summed E-state index contributed by atoms with van der Waals surface area (Å²) in [5, 5.41) is 7.00. The van der Waals surface area contributed by atoms with Crippen molar-refractivity contribution in [3.63, 3.8) is 0 Å². The second-order valence-electron chi connectivity index (χ2n) is 8.54. The summed E-state index contributed by atoms with van der Waals surface area (Å²) in [7, 11) is 1.61. The van der Waals surface area contributed by atoms with Crippen molar-refractivity contribution in [2.75, 3.05) is 38.7 Å². The summed E-state index contributed by atoms with van der Waals surface area (Å²) in [5.74, 6) is 1.51. The van der Waals surface area contributed by atoms with Gasteiger partial charge in [0.15, 0.2) is 18.2 Å². The molecule has 3 aromatic heterocycles. The third-order valence-electron chi connectivity index (χ3n) is 6.32. The van der Waals surface area contributed by atoms with Gasteiger partial charge >= 0.3 is 0 Å². The largest absolute Gasteiger partial charge is 0.481 e. The first-order chi connectivity index (χ1) is 16.6. The molecule has 0 radical (unpaired) electrons. The highest BCUT2D eigenvalue weighted by Crippen LogP contribution is 2.27. The number of hydrogen-bond acceptors (Lipinski definition) is 8. The number of anilines is 1. The SMILES string of the molecule is COc1ccc2ncc(Cl)c(CCN3CCC(NCc4ccc5c(n4)NC(=O)CO5)CC3)c2n1. The average molecular weight is 483 g/mol. The number of piperidine rings is 1. The summed E-state index contributed by atoms with van der Waals surface area (Å²) in [4.78, 5) is 27.5. The molecule has 0 saturated carbocycles. The molecule has 2 N–H and O–H groups in total. The second kappa shape index (κ2) is 10.1. The molecule has 0 atom stereocenters. The molecule has 5 rings (SSSR count). The summed E-state index contributed by atoms with van der Waals surface area (Å²) in [6.07, 6.45) is 4.63. The fraction of sp³-hybridized carbons (Fsp3) is 0.417. The Morgan fingerprint density at radius 2 is 2.09 bits per heavy atom. The van der Waals surface area contributed by atoms with Crippen LogP contribution in [0.15, 0.2) is 30.5 Å². The van der Waals surface area contributed by atoms with Gasteiger partial charge in [0.05, 0.1) is 28.9 Å². The number of likely N-dealkylation sites (tertiary alicyclic amines) is 1. The van der Waals surface area contributed by atoms with Gasteiger partial charge in [0.1, 0.15) is 0 Å². The third kappa shape index (κ3) is 5.06. The Morgan fingerprint density at radius 3 is 2.91 bits per heavy atom. The quantitative estimate of drug-likeness (QED) is 0.530. The highest BCUT2D eigenvalue weighted by atomic mass is 35.5. The Balaban J connectivity index is 1.13. The van der Waals surface area contributed by atoms with E-state index >= 15 is 0 Å². The van der Waals surface area contributed by atoms with E-state index in [0.717, 1.165) is 61.2 Å². The van der Waals surface area contributed by atoms with Crippen molar-refractivity contribution in [2.45, 2.75) is 31.8 Å². The van der Waals surface area contributed by atoms with Gasteiger partial charge < -0.3 is 25.0 Å². The smallest absolute Gasteiger partial charge is 0.263 e. The van der Waals surface area contributed by atoms with E-state index in [9.17, 15) is 4.79 Å². The lowest BCUT2D eigenvalue weighted by atomic mass is 10.0. The maximum absolute atomic E-state index is 11.5. The van der Waals surface area contributed by atoms with Crippen LogP contribution in [-0.4, -0.2) is 65.2 Å². The maximum Gasteiger partial charge on any atom is 0.263 e. The van der Waals surface area contributed by atoms with Gasteiger partial charge in [0.25, 0.3) is 5.91 Å². The van der Waals surface area contributed by atoms with Crippen molar-refractivity contribution < 1.29 is 14.3 Å². The fourth-order valence-electron chi connectivity index (χ4n) is 4.41. The van der Waals surface area contributed by atoms with E-state index in [-0.39, 0.29) is 12.5 Å². The van der Waals surface area contributed by atoms with Gasteiger partial charge in [0.2, 0.25) is 5.88 Å². The summed E-state index contributed by atoms with van der Waals surface area (Å²) in [6.45, 7) is 3.63. The zero-order chi connectivity index (χ0) is 23.5. The van der Waals surface area contributed by atoms with Crippen molar-refractivity contribution >= 4 is 34.4 Å². The number of aromatic nitrogens is 3. The highest BCUT2D eigenvalue weighted by molar-refractivity contribution is 6.32. The molecule has 0 aliphatic carbocycles. The van der Waals surface area contributed by atoms with Crippen molar-refractivity contribution in [3.05, 3.63) is 46.7 Å². The van der Waals surface area contributed by atoms with Crippen LogP contribution in [0.2, 0.25) is 5.02 Å². The number of pyridine rings is 3. The molecule has 5 heterocycles. The molecule has 178 valence electrons. The van der Waals surface area contributed by atoms with Crippen LogP contribution in [0.1, 0.15) is 24.1 Å². The number of rotatable bonds is 7. The topological polar surface area (TPSA) is 102 Å². The molecule has 34 heavy (non-hydrogen) atoms. The summed E-state index contributed by atoms with van der Waals surface area (Å²) in [5.41, 5.74) is 3.53. The summed E-state index contributed by atoms with van der Waals surface area (Å²) in [6, 6.07) is 7.95. The minimum absolute atomic E-state index is 0.0408. The van der Waals surface area contributed by atoms with Gasteiger partial charge in [-0.05, 0) is 50.6 Å². The van der Waals surface area contributed by atoms with Gasteiger partial charge in [-0.3, -0.25) is 9.78 Å². The third-order valence-corrected chi connectivity index (χ3v) is 6.64. The maximum atomic E-state index is 11.5. The normalized spacial score (nSPS) is 16.7. The number of amides is 1. The van der Waals surface area contributed by atoms with Crippen LogP contribution in [0, 0.1) is 0 Å². The number of nitrogens with one attached hydrogen (secondary N) is 2. The first kappa shape index (κ1) is 22.8. The molecule has 9 nitrogen and oxygen atoms in total. The van der Waals surface area contributed by atoms with E-state index in [0.29, 0.717) is 35.1 Å². The van der Waals surface area contributed by atoms with E-state index < -0.39 is 0 Å². The minimum atomic E-state index is -0.173. The number of carbonyl (C=O) groups is 1. The molecular weight excluding hydrogens is 456 g/mol. The standard InChI is InChI=1S/C24H27ClN6O3/c1-33-22-5-3-19-23(30-22)17(18(25)13-27-19)8-11-31-9-6-15(7-10-31)26-12-16-2-4-20-24(28-16)29-21(32)14-34-20/h2-5,13,15,26H,6-12,14H2,1H3,(H,28,29,32). The first-order valence-electron chi connectivity index (χ1n) is 11.5. The van der Waals surface area contributed by atoms with E-state index in [1.54, 1.807) is 13.3 Å². The van der Waals surface area contributed by atoms with Gasteiger partial charge in [0, 0.05) is 37.0 Å². The zero-order valence-corrected chi connectivity index (χ0v) is 19.8. The Kier molecular flexibility index (Phi) is 6.75. The molecule has 1 amide bonds. The molecule has 2 aliphatic rings.